The standard InChI is InChI=1S/C14H26N2O2/c1-3-11-7-13(15-8-12-5-6-12)10-16(9-11)14(17)18-4-2/h11-13,15H,3-10H2,1-2H3. The lowest BCUT2D eigenvalue weighted by Gasteiger charge is -2.37. The number of likely N-dealkylation sites (tertiary alicyclic amines) is 1. The quantitative estimate of drug-likeness (QED) is 0.818. The van der Waals surface area contributed by atoms with Crippen LogP contribution in [0.3, 0.4) is 0 Å². The van der Waals surface area contributed by atoms with Crippen molar-refractivity contribution in [3.63, 3.8) is 0 Å². The molecule has 0 spiro atoms. The molecule has 2 atom stereocenters. The van der Waals surface area contributed by atoms with E-state index in [2.05, 4.69) is 12.2 Å². The Hall–Kier alpha value is -0.770. The number of rotatable bonds is 5. The molecule has 1 N–H and O–H groups in total. The van der Waals surface area contributed by atoms with Gasteiger partial charge in [-0.15, -0.1) is 0 Å². The van der Waals surface area contributed by atoms with Crippen molar-refractivity contribution in [1.29, 1.82) is 0 Å². The molecule has 4 heteroatoms. The SMILES string of the molecule is CCOC(=O)N1CC(CC)CC(NCC2CC2)C1. The van der Waals surface area contributed by atoms with Crippen LogP contribution in [0.1, 0.15) is 39.5 Å². The average Bonchev–Trinajstić information content (AvgIpc) is 3.20. The number of piperidine rings is 1. The number of ether oxygens (including phenoxy) is 1. The second-order valence-electron chi connectivity index (χ2n) is 5.66. The molecule has 4 nitrogen and oxygen atoms in total. The molecule has 18 heavy (non-hydrogen) atoms. The fourth-order valence-corrected chi connectivity index (χ4v) is 2.67. The molecule has 0 aromatic carbocycles. The number of hydrogen-bond acceptors (Lipinski definition) is 3. The predicted molar refractivity (Wildman–Crippen MR) is 71.5 cm³/mol. The van der Waals surface area contributed by atoms with Gasteiger partial charge in [-0.05, 0) is 44.6 Å². The molecule has 1 amide bonds. The van der Waals surface area contributed by atoms with Gasteiger partial charge in [0.15, 0.2) is 0 Å². The molecule has 0 radical (unpaired) electrons. The van der Waals surface area contributed by atoms with Crippen LogP contribution in [0.4, 0.5) is 4.79 Å². The van der Waals surface area contributed by atoms with Gasteiger partial charge in [-0.2, -0.15) is 0 Å². The summed E-state index contributed by atoms with van der Waals surface area (Å²) in [6.45, 7) is 7.32. The second-order valence-corrected chi connectivity index (χ2v) is 5.66. The molecule has 1 saturated heterocycles. The van der Waals surface area contributed by atoms with Gasteiger partial charge in [-0.1, -0.05) is 13.3 Å². The summed E-state index contributed by atoms with van der Waals surface area (Å²) in [7, 11) is 0. The van der Waals surface area contributed by atoms with Gasteiger partial charge in [0.1, 0.15) is 0 Å². The van der Waals surface area contributed by atoms with E-state index in [1.165, 1.54) is 19.3 Å². The van der Waals surface area contributed by atoms with Crippen molar-refractivity contribution in [2.45, 2.75) is 45.6 Å². The summed E-state index contributed by atoms with van der Waals surface area (Å²) in [5, 5.41) is 3.63. The smallest absolute Gasteiger partial charge is 0.409 e. The Bertz CT molecular complexity index is 279. The number of carbonyl (C=O) groups is 1. The largest absolute Gasteiger partial charge is 0.450 e. The minimum absolute atomic E-state index is 0.145. The van der Waals surface area contributed by atoms with Crippen molar-refractivity contribution in [3.05, 3.63) is 0 Å². The van der Waals surface area contributed by atoms with Crippen LogP contribution in [0.15, 0.2) is 0 Å². The van der Waals surface area contributed by atoms with Crippen molar-refractivity contribution < 1.29 is 9.53 Å². The fourth-order valence-electron chi connectivity index (χ4n) is 2.67. The Morgan fingerprint density at radius 1 is 1.28 bits per heavy atom. The maximum absolute atomic E-state index is 11.8. The lowest BCUT2D eigenvalue weighted by atomic mass is 9.92. The summed E-state index contributed by atoms with van der Waals surface area (Å²) in [5.41, 5.74) is 0. The summed E-state index contributed by atoms with van der Waals surface area (Å²) in [5.74, 6) is 1.50. The topological polar surface area (TPSA) is 41.6 Å². The summed E-state index contributed by atoms with van der Waals surface area (Å²) in [4.78, 5) is 13.7. The first kappa shape index (κ1) is 13.7. The van der Waals surface area contributed by atoms with Crippen LogP contribution >= 0.6 is 0 Å². The molecule has 0 aromatic heterocycles. The van der Waals surface area contributed by atoms with Gasteiger partial charge in [-0.25, -0.2) is 4.79 Å². The van der Waals surface area contributed by atoms with Crippen LogP contribution in [0.25, 0.3) is 0 Å². The third kappa shape index (κ3) is 3.87. The zero-order chi connectivity index (χ0) is 13.0. The average molecular weight is 254 g/mol. The molecule has 1 heterocycles. The van der Waals surface area contributed by atoms with Gasteiger partial charge in [0, 0.05) is 19.1 Å². The third-order valence-corrected chi connectivity index (χ3v) is 4.03. The van der Waals surface area contributed by atoms with Crippen molar-refractivity contribution >= 4 is 6.09 Å². The van der Waals surface area contributed by atoms with Crippen molar-refractivity contribution in [2.24, 2.45) is 11.8 Å². The highest BCUT2D eigenvalue weighted by atomic mass is 16.6. The number of nitrogens with one attached hydrogen (secondary N) is 1. The first-order valence-electron chi connectivity index (χ1n) is 7.38. The van der Waals surface area contributed by atoms with E-state index in [9.17, 15) is 4.79 Å². The molecule has 2 rings (SSSR count). The number of hydrogen-bond donors (Lipinski definition) is 1. The molecule has 2 unspecified atom stereocenters. The first-order valence-corrected chi connectivity index (χ1v) is 7.38. The zero-order valence-corrected chi connectivity index (χ0v) is 11.7. The van der Waals surface area contributed by atoms with Crippen LogP contribution in [-0.2, 0) is 4.74 Å². The van der Waals surface area contributed by atoms with Crippen LogP contribution in [-0.4, -0.2) is 43.3 Å². The van der Waals surface area contributed by atoms with Gasteiger partial charge in [0.25, 0.3) is 0 Å². The van der Waals surface area contributed by atoms with E-state index >= 15 is 0 Å². The zero-order valence-electron chi connectivity index (χ0n) is 11.7. The number of nitrogens with zero attached hydrogens (tertiary/aromatic N) is 1. The molecule has 1 aliphatic carbocycles. The highest BCUT2D eigenvalue weighted by molar-refractivity contribution is 5.67. The summed E-state index contributed by atoms with van der Waals surface area (Å²) >= 11 is 0. The lowest BCUT2D eigenvalue weighted by molar-refractivity contribution is 0.0780. The molecule has 0 bridgehead atoms. The van der Waals surface area contributed by atoms with Gasteiger partial charge in [0.05, 0.1) is 6.61 Å². The van der Waals surface area contributed by atoms with Gasteiger partial charge in [-0.3, -0.25) is 0 Å². The summed E-state index contributed by atoms with van der Waals surface area (Å²) < 4.78 is 5.12. The summed E-state index contributed by atoms with van der Waals surface area (Å²) in [6.07, 6.45) is 4.93. The maximum Gasteiger partial charge on any atom is 0.409 e. The molecule has 2 aliphatic rings. The molecule has 104 valence electrons. The molecule has 1 saturated carbocycles. The Kier molecular flexibility index (Phi) is 4.87. The van der Waals surface area contributed by atoms with E-state index in [0.29, 0.717) is 18.6 Å². The van der Waals surface area contributed by atoms with E-state index in [4.69, 9.17) is 4.74 Å². The second kappa shape index (κ2) is 6.41. The summed E-state index contributed by atoms with van der Waals surface area (Å²) in [6, 6.07) is 0.453. The van der Waals surface area contributed by atoms with E-state index in [-0.39, 0.29) is 6.09 Å². The van der Waals surface area contributed by atoms with E-state index in [1.54, 1.807) is 0 Å². The van der Waals surface area contributed by atoms with E-state index < -0.39 is 0 Å². The Labute approximate surface area is 110 Å². The predicted octanol–water partition coefficient (Wildman–Crippen LogP) is 2.24. The van der Waals surface area contributed by atoms with Crippen molar-refractivity contribution in [3.8, 4) is 0 Å². The minimum atomic E-state index is -0.145. The molecular formula is C14H26N2O2. The fraction of sp³-hybridized carbons (Fsp3) is 0.929. The minimum Gasteiger partial charge on any atom is -0.450 e. The van der Waals surface area contributed by atoms with Gasteiger partial charge < -0.3 is 15.0 Å². The third-order valence-electron chi connectivity index (χ3n) is 4.03. The van der Waals surface area contributed by atoms with Crippen molar-refractivity contribution in [2.75, 3.05) is 26.2 Å². The number of carbonyl (C=O) groups excluding carboxylic acids is 1. The molecule has 2 fully saturated rings. The van der Waals surface area contributed by atoms with Crippen molar-refractivity contribution in [1.82, 2.24) is 10.2 Å². The van der Waals surface area contributed by atoms with Gasteiger partial charge >= 0.3 is 6.09 Å². The van der Waals surface area contributed by atoms with Crippen LogP contribution < -0.4 is 5.32 Å². The number of amides is 1. The lowest BCUT2D eigenvalue weighted by Crippen LogP contribution is -2.51. The highest BCUT2D eigenvalue weighted by Crippen LogP contribution is 2.28. The molecular weight excluding hydrogens is 228 g/mol. The Morgan fingerprint density at radius 2 is 2.06 bits per heavy atom. The first-order chi connectivity index (χ1) is 8.72. The maximum atomic E-state index is 11.8. The monoisotopic (exact) mass is 254 g/mol. The normalized spacial score (nSPS) is 28.2. The highest BCUT2D eigenvalue weighted by Gasteiger charge is 2.31. The molecule has 0 aromatic rings. The van der Waals surface area contributed by atoms with Crippen LogP contribution in [0.2, 0.25) is 0 Å². The van der Waals surface area contributed by atoms with Crippen LogP contribution in [0, 0.1) is 11.8 Å². The van der Waals surface area contributed by atoms with E-state index in [0.717, 1.165) is 32.0 Å². The van der Waals surface area contributed by atoms with E-state index in [1.807, 2.05) is 11.8 Å². The molecule has 1 aliphatic heterocycles. The Morgan fingerprint density at radius 3 is 2.67 bits per heavy atom. The Balaban J connectivity index is 1.83. The van der Waals surface area contributed by atoms with Crippen LogP contribution in [0.5, 0.6) is 0 Å². The van der Waals surface area contributed by atoms with Gasteiger partial charge in [0.2, 0.25) is 0 Å².